The molecule has 0 aromatic heterocycles. The predicted octanol–water partition coefficient (Wildman–Crippen LogP) is 3.29. The lowest BCUT2D eigenvalue weighted by Gasteiger charge is -2.08. The molecule has 2 aromatic rings. The van der Waals surface area contributed by atoms with Crippen LogP contribution in [0.2, 0.25) is 5.02 Å². The fourth-order valence-corrected chi connectivity index (χ4v) is 1.92. The summed E-state index contributed by atoms with van der Waals surface area (Å²) in [6.45, 7) is -0.176. The number of amides is 1. The number of carbonyl (C=O) groups is 2. The zero-order valence-corrected chi connectivity index (χ0v) is 13.1. The summed E-state index contributed by atoms with van der Waals surface area (Å²) in [4.78, 5) is 23.2. The lowest BCUT2D eigenvalue weighted by Crippen LogP contribution is -2.21. The van der Waals surface area contributed by atoms with Gasteiger partial charge in [0.2, 0.25) is 0 Å². The number of nitrogens with one attached hydrogen (secondary N) is 1. The summed E-state index contributed by atoms with van der Waals surface area (Å²) >= 11 is 5.92. The lowest BCUT2D eigenvalue weighted by molar-refractivity contribution is -0.147. The molecule has 120 valence electrons. The van der Waals surface area contributed by atoms with E-state index >= 15 is 0 Å². The monoisotopic (exact) mass is 333 g/mol. The second-order valence-electron chi connectivity index (χ2n) is 4.60. The van der Waals surface area contributed by atoms with Gasteiger partial charge in [-0.3, -0.25) is 9.59 Å². The van der Waals surface area contributed by atoms with Crippen LogP contribution in [0.5, 0.6) is 5.75 Å². The van der Waals surface area contributed by atoms with Crippen molar-refractivity contribution < 1.29 is 19.1 Å². The number of rotatable bonds is 7. The summed E-state index contributed by atoms with van der Waals surface area (Å²) < 4.78 is 10.3. The summed E-state index contributed by atoms with van der Waals surface area (Å²) in [6, 6.07) is 16.0. The van der Waals surface area contributed by atoms with E-state index in [1.54, 1.807) is 36.4 Å². The normalized spacial score (nSPS) is 9.96. The van der Waals surface area contributed by atoms with E-state index in [9.17, 15) is 9.59 Å². The molecule has 0 aliphatic heterocycles. The van der Waals surface area contributed by atoms with Crippen LogP contribution < -0.4 is 10.1 Å². The van der Waals surface area contributed by atoms with Crippen LogP contribution in [0.1, 0.15) is 6.42 Å². The van der Waals surface area contributed by atoms with Crippen LogP contribution in [-0.2, 0) is 14.3 Å². The van der Waals surface area contributed by atoms with Gasteiger partial charge in [-0.2, -0.15) is 0 Å². The number of halogens is 1. The van der Waals surface area contributed by atoms with Gasteiger partial charge in [0.25, 0.3) is 5.91 Å². The van der Waals surface area contributed by atoms with Gasteiger partial charge in [-0.15, -0.1) is 0 Å². The topological polar surface area (TPSA) is 64.6 Å². The van der Waals surface area contributed by atoms with Gasteiger partial charge in [0.15, 0.2) is 6.61 Å². The van der Waals surface area contributed by atoms with Gasteiger partial charge in [0.05, 0.1) is 23.7 Å². The summed E-state index contributed by atoms with van der Waals surface area (Å²) in [5.74, 6) is -0.276. The maximum absolute atomic E-state index is 11.7. The predicted molar refractivity (Wildman–Crippen MR) is 87.6 cm³/mol. The van der Waals surface area contributed by atoms with Crippen LogP contribution in [0.25, 0.3) is 0 Å². The second-order valence-corrected chi connectivity index (χ2v) is 5.01. The maximum Gasteiger partial charge on any atom is 0.309 e. The molecule has 0 aliphatic rings. The highest BCUT2D eigenvalue weighted by atomic mass is 35.5. The number of hydrogen-bond donors (Lipinski definition) is 1. The Morgan fingerprint density at radius 3 is 2.43 bits per heavy atom. The summed E-state index contributed by atoms with van der Waals surface area (Å²) in [6.07, 6.45) is 0.0638. The molecule has 2 aromatic carbocycles. The van der Waals surface area contributed by atoms with Gasteiger partial charge in [0, 0.05) is 0 Å². The van der Waals surface area contributed by atoms with E-state index in [2.05, 4.69) is 5.32 Å². The molecule has 0 saturated carbocycles. The van der Waals surface area contributed by atoms with Crippen molar-refractivity contribution in [2.75, 3.05) is 18.5 Å². The van der Waals surface area contributed by atoms with Crippen molar-refractivity contribution in [1.82, 2.24) is 0 Å². The van der Waals surface area contributed by atoms with Crippen LogP contribution >= 0.6 is 11.6 Å². The van der Waals surface area contributed by atoms with Crippen LogP contribution in [0.15, 0.2) is 54.6 Å². The Morgan fingerprint density at radius 1 is 1.00 bits per heavy atom. The van der Waals surface area contributed by atoms with Crippen molar-refractivity contribution in [1.29, 1.82) is 0 Å². The van der Waals surface area contributed by atoms with Crippen molar-refractivity contribution in [3.8, 4) is 5.75 Å². The average Bonchev–Trinajstić information content (AvgIpc) is 2.56. The van der Waals surface area contributed by atoms with Gasteiger partial charge in [-0.25, -0.2) is 0 Å². The zero-order valence-electron chi connectivity index (χ0n) is 12.3. The molecule has 6 heteroatoms. The fraction of sp³-hybridized carbons (Fsp3) is 0.176. The number of carbonyl (C=O) groups excluding carboxylic acids is 2. The van der Waals surface area contributed by atoms with Gasteiger partial charge in [-0.1, -0.05) is 41.9 Å². The highest BCUT2D eigenvalue weighted by Crippen LogP contribution is 2.20. The molecule has 0 spiro atoms. The molecule has 0 unspecified atom stereocenters. The van der Waals surface area contributed by atoms with Gasteiger partial charge >= 0.3 is 5.97 Å². The minimum absolute atomic E-state index is 0.0638. The Labute approximate surface area is 139 Å². The first-order valence-electron chi connectivity index (χ1n) is 7.03. The van der Waals surface area contributed by atoms with E-state index in [1.807, 2.05) is 18.2 Å². The molecule has 1 N–H and O–H groups in total. The standard InChI is InChI=1S/C17H16ClNO4/c18-14-8-4-5-9-15(14)19-16(20)12-23-17(21)10-11-22-13-6-2-1-3-7-13/h1-9H,10-12H2,(H,19,20). The summed E-state index contributed by atoms with van der Waals surface area (Å²) in [5.41, 5.74) is 0.475. The van der Waals surface area contributed by atoms with E-state index in [-0.39, 0.29) is 19.6 Å². The maximum atomic E-state index is 11.7. The molecule has 0 fully saturated rings. The number of ether oxygens (including phenoxy) is 2. The van der Waals surface area contributed by atoms with Gasteiger partial charge in [0.1, 0.15) is 5.75 Å². The van der Waals surface area contributed by atoms with Gasteiger partial charge in [-0.05, 0) is 24.3 Å². The van der Waals surface area contributed by atoms with Crippen LogP contribution in [0.3, 0.4) is 0 Å². The Hall–Kier alpha value is -2.53. The first-order valence-corrected chi connectivity index (χ1v) is 7.41. The molecule has 1 amide bonds. The first-order chi connectivity index (χ1) is 11.1. The Morgan fingerprint density at radius 2 is 1.70 bits per heavy atom. The number of esters is 1. The molecular weight excluding hydrogens is 318 g/mol. The summed E-state index contributed by atoms with van der Waals surface area (Å²) in [7, 11) is 0. The molecule has 0 radical (unpaired) electrons. The van der Waals surface area contributed by atoms with Crippen molar-refractivity contribution in [2.45, 2.75) is 6.42 Å². The minimum atomic E-state index is -0.504. The van der Waals surface area contributed by atoms with Crippen molar-refractivity contribution in [2.24, 2.45) is 0 Å². The third-order valence-corrected chi connectivity index (χ3v) is 3.16. The van der Waals surface area contributed by atoms with Crippen LogP contribution in [-0.4, -0.2) is 25.1 Å². The van der Waals surface area contributed by atoms with E-state index in [1.165, 1.54) is 0 Å². The highest BCUT2D eigenvalue weighted by Gasteiger charge is 2.09. The first kappa shape index (κ1) is 16.8. The Balaban J connectivity index is 1.66. The molecule has 23 heavy (non-hydrogen) atoms. The number of para-hydroxylation sites is 2. The Bertz CT molecular complexity index is 661. The average molecular weight is 334 g/mol. The molecule has 0 atom stereocenters. The van der Waals surface area contributed by atoms with Gasteiger partial charge < -0.3 is 14.8 Å². The number of hydrogen-bond acceptors (Lipinski definition) is 4. The third-order valence-electron chi connectivity index (χ3n) is 2.83. The Kier molecular flexibility index (Phi) is 6.44. The highest BCUT2D eigenvalue weighted by molar-refractivity contribution is 6.33. The van der Waals surface area contributed by atoms with E-state index in [4.69, 9.17) is 21.1 Å². The second kappa shape index (κ2) is 8.80. The zero-order chi connectivity index (χ0) is 16.5. The molecule has 0 aliphatic carbocycles. The molecule has 0 heterocycles. The van der Waals surface area contributed by atoms with E-state index in [0.717, 1.165) is 0 Å². The van der Waals surface area contributed by atoms with E-state index in [0.29, 0.717) is 16.5 Å². The van der Waals surface area contributed by atoms with E-state index < -0.39 is 11.9 Å². The quantitative estimate of drug-likeness (QED) is 0.790. The fourth-order valence-electron chi connectivity index (χ4n) is 1.74. The third kappa shape index (κ3) is 6.00. The molecular formula is C17H16ClNO4. The minimum Gasteiger partial charge on any atom is -0.493 e. The molecule has 2 rings (SSSR count). The van der Waals surface area contributed by atoms with Crippen molar-refractivity contribution in [3.63, 3.8) is 0 Å². The van der Waals surface area contributed by atoms with Crippen LogP contribution in [0, 0.1) is 0 Å². The number of anilines is 1. The molecule has 0 saturated heterocycles. The molecule has 5 nitrogen and oxygen atoms in total. The van der Waals surface area contributed by atoms with Crippen molar-refractivity contribution in [3.05, 3.63) is 59.6 Å². The summed E-state index contributed by atoms with van der Waals surface area (Å²) in [5, 5.41) is 2.99. The van der Waals surface area contributed by atoms with Crippen molar-refractivity contribution >= 4 is 29.2 Å². The van der Waals surface area contributed by atoms with Crippen LogP contribution in [0.4, 0.5) is 5.69 Å². The largest absolute Gasteiger partial charge is 0.493 e. The molecule has 0 bridgehead atoms. The lowest BCUT2D eigenvalue weighted by atomic mass is 10.3. The SMILES string of the molecule is O=C(COC(=O)CCOc1ccccc1)Nc1ccccc1Cl. The number of benzene rings is 2. The smallest absolute Gasteiger partial charge is 0.309 e.